The topological polar surface area (TPSA) is 119 Å². The van der Waals surface area contributed by atoms with E-state index in [4.69, 9.17) is 10.5 Å². The number of rotatable bonds is 5. The molecular weight excluding hydrogens is 389 g/mol. The molecule has 0 saturated carbocycles. The number of primary amides is 1. The van der Waals surface area contributed by atoms with Crippen LogP contribution >= 0.6 is 0 Å². The molecule has 2 aromatic rings. The highest BCUT2D eigenvalue weighted by molar-refractivity contribution is 7.89. The SMILES string of the molecule is NC(=O)c1ccc(NC(=O)c2cc(S(=O)(=O)N3CCOCC3)ccc2F)cc1. The molecule has 28 heavy (non-hydrogen) atoms. The fourth-order valence-corrected chi connectivity index (χ4v) is 4.13. The van der Waals surface area contributed by atoms with Gasteiger partial charge in [0.25, 0.3) is 5.91 Å². The maximum atomic E-state index is 14.2. The number of nitrogens with two attached hydrogens (primary N) is 1. The van der Waals surface area contributed by atoms with Crippen LogP contribution in [-0.4, -0.2) is 50.8 Å². The van der Waals surface area contributed by atoms with Gasteiger partial charge in [-0.2, -0.15) is 4.31 Å². The van der Waals surface area contributed by atoms with Gasteiger partial charge in [0, 0.05) is 24.3 Å². The zero-order chi connectivity index (χ0) is 20.3. The van der Waals surface area contributed by atoms with Crippen molar-refractivity contribution in [3.05, 3.63) is 59.4 Å². The number of nitrogens with zero attached hydrogens (tertiary/aromatic N) is 1. The molecule has 3 N–H and O–H groups in total. The second-order valence-corrected chi connectivity index (χ2v) is 7.99. The molecule has 1 aliphatic rings. The summed E-state index contributed by atoms with van der Waals surface area (Å²) in [5, 5.41) is 2.46. The third-order valence-corrected chi connectivity index (χ3v) is 6.11. The lowest BCUT2D eigenvalue weighted by atomic mass is 10.1. The minimum atomic E-state index is -3.87. The molecule has 2 aromatic carbocycles. The van der Waals surface area contributed by atoms with E-state index in [1.54, 1.807) is 0 Å². The largest absolute Gasteiger partial charge is 0.379 e. The lowest BCUT2D eigenvalue weighted by Crippen LogP contribution is -2.40. The Labute approximate surface area is 161 Å². The number of carbonyl (C=O) groups is 2. The molecule has 2 amide bonds. The average molecular weight is 407 g/mol. The minimum absolute atomic E-state index is 0.176. The molecule has 0 unspecified atom stereocenters. The number of ether oxygens (including phenoxy) is 1. The fourth-order valence-electron chi connectivity index (χ4n) is 2.69. The first-order valence-electron chi connectivity index (χ1n) is 8.38. The van der Waals surface area contributed by atoms with Crippen LogP contribution in [-0.2, 0) is 14.8 Å². The van der Waals surface area contributed by atoms with E-state index < -0.39 is 33.2 Å². The smallest absolute Gasteiger partial charge is 0.258 e. The average Bonchev–Trinajstić information content (AvgIpc) is 2.69. The van der Waals surface area contributed by atoms with Crippen molar-refractivity contribution < 1.29 is 27.1 Å². The molecule has 8 nitrogen and oxygen atoms in total. The van der Waals surface area contributed by atoms with Gasteiger partial charge in [-0.05, 0) is 42.5 Å². The number of morpholine rings is 1. The first-order chi connectivity index (χ1) is 13.3. The van der Waals surface area contributed by atoms with E-state index in [9.17, 15) is 22.4 Å². The first-order valence-corrected chi connectivity index (χ1v) is 9.82. The minimum Gasteiger partial charge on any atom is -0.379 e. The Bertz CT molecular complexity index is 1000. The van der Waals surface area contributed by atoms with E-state index in [0.717, 1.165) is 18.2 Å². The Morgan fingerprint density at radius 2 is 1.71 bits per heavy atom. The second kappa shape index (κ2) is 8.05. The van der Waals surface area contributed by atoms with Gasteiger partial charge in [-0.1, -0.05) is 0 Å². The summed E-state index contributed by atoms with van der Waals surface area (Å²) in [5.74, 6) is -2.29. The van der Waals surface area contributed by atoms with Crippen LogP contribution in [0.5, 0.6) is 0 Å². The van der Waals surface area contributed by atoms with E-state index >= 15 is 0 Å². The molecule has 1 saturated heterocycles. The predicted octanol–water partition coefficient (Wildman–Crippen LogP) is 1.20. The van der Waals surface area contributed by atoms with Crippen LogP contribution in [0.2, 0.25) is 0 Å². The van der Waals surface area contributed by atoms with Gasteiger partial charge in [0.2, 0.25) is 15.9 Å². The van der Waals surface area contributed by atoms with E-state index in [1.807, 2.05) is 0 Å². The predicted molar refractivity (Wildman–Crippen MR) is 98.9 cm³/mol. The molecule has 0 spiro atoms. The van der Waals surface area contributed by atoms with Gasteiger partial charge in [0.05, 0.1) is 23.7 Å². The second-order valence-electron chi connectivity index (χ2n) is 6.05. The van der Waals surface area contributed by atoms with Crippen molar-refractivity contribution in [3.63, 3.8) is 0 Å². The van der Waals surface area contributed by atoms with Crippen molar-refractivity contribution in [1.29, 1.82) is 0 Å². The van der Waals surface area contributed by atoms with Crippen molar-refractivity contribution in [3.8, 4) is 0 Å². The van der Waals surface area contributed by atoms with Crippen LogP contribution < -0.4 is 11.1 Å². The number of amides is 2. The van der Waals surface area contributed by atoms with Gasteiger partial charge in [-0.25, -0.2) is 12.8 Å². The van der Waals surface area contributed by atoms with Crippen molar-refractivity contribution in [1.82, 2.24) is 4.31 Å². The Morgan fingerprint density at radius 3 is 2.32 bits per heavy atom. The standard InChI is InChI=1S/C18H18FN3O5S/c19-16-6-5-14(28(25,26)22-7-9-27-10-8-22)11-15(16)18(24)21-13-3-1-12(2-4-13)17(20)23/h1-6,11H,7-10H2,(H2,20,23)(H,21,24). The summed E-state index contributed by atoms with van der Waals surface area (Å²) in [6, 6.07) is 8.76. The van der Waals surface area contributed by atoms with Crippen molar-refractivity contribution in [2.75, 3.05) is 31.6 Å². The van der Waals surface area contributed by atoms with Crippen molar-refractivity contribution in [2.24, 2.45) is 5.73 Å². The molecule has 0 aliphatic carbocycles. The van der Waals surface area contributed by atoms with Gasteiger partial charge in [-0.3, -0.25) is 9.59 Å². The van der Waals surface area contributed by atoms with Crippen LogP contribution in [0.3, 0.4) is 0 Å². The third-order valence-electron chi connectivity index (χ3n) is 4.22. The normalized spacial score (nSPS) is 15.2. The highest BCUT2D eigenvalue weighted by atomic mass is 32.2. The number of anilines is 1. The Hall–Kier alpha value is -2.82. The summed E-state index contributed by atoms with van der Waals surface area (Å²) >= 11 is 0. The highest BCUT2D eigenvalue weighted by Gasteiger charge is 2.28. The Balaban J connectivity index is 1.84. The number of benzene rings is 2. The quantitative estimate of drug-likeness (QED) is 0.772. The van der Waals surface area contributed by atoms with Crippen molar-refractivity contribution in [2.45, 2.75) is 4.90 Å². The molecule has 0 radical (unpaired) electrons. The lowest BCUT2D eigenvalue weighted by Gasteiger charge is -2.26. The van der Waals surface area contributed by atoms with Crippen LogP contribution in [0.1, 0.15) is 20.7 Å². The van der Waals surface area contributed by atoms with Gasteiger partial charge in [0.1, 0.15) is 5.82 Å². The number of hydrogen-bond acceptors (Lipinski definition) is 5. The van der Waals surface area contributed by atoms with Crippen LogP contribution in [0.15, 0.2) is 47.4 Å². The highest BCUT2D eigenvalue weighted by Crippen LogP contribution is 2.21. The zero-order valence-corrected chi connectivity index (χ0v) is 15.5. The molecule has 148 valence electrons. The Kier molecular flexibility index (Phi) is 5.73. The van der Waals surface area contributed by atoms with Gasteiger partial charge in [0.15, 0.2) is 0 Å². The van der Waals surface area contributed by atoms with Gasteiger partial charge >= 0.3 is 0 Å². The van der Waals surface area contributed by atoms with Crippen LogP contribution in [0.4, 0.5) is 10.1 Å². The van der Waals surface area contributed by atoms with Gasteiger partial charge in [-0.15, -0.1) is 0 Å². The molecular formula is C18H18FN3O5S. The molecule has 3 rings (SSSR count). The fraction of sp³-hybridized carbons (Fsp3) is 0.222. The first kappa shape index (κ1) is 19.9. The van der Waals surface area contributed by atoms with E-state index in [1.165, 1.54) is 28.6 Å². The molecule has 0 aromatic heterocycles. The number of carbonyl (C=O) groups excluding carboxylic acids is 2. The van der Waals surface area contributed by atoms with E-state index in [-0.39, 0.29) is 36.8 Å². The zero-order valence-electron chi connectivity index (χ0n) is 14.7. The number of hydrogen-bond donors (Lipinski definition) is 2. The summed E-state index contributed by atoms with van der Waals surface area (Å²) in [6.07, 6.45) is 0. The summed E-state index contributed by atoms with van der Waals surface area (Å²) < 4.78 is 46.0. The van der Waals surface area contributed by atoms with Crippen LogP contribution in [0, 0.1) is 5.82 Å². The molecule has 10 heteroatoms. The molecule has 1 heterocycles. The molecule has 1 fully saturated rings. The van der Waals surface area contributed by atoms with Crippen LogP contribution in [0.25, 0.3) is 0 Å². The van der Waals surface area contributed by atoms with E-state index in [0.29, 0.717) is 5.69 Å². The maximum Gasteiger partial charge on any atom is 0.258 e. The summed E-state index contributed by atoms with van der Waals surface area (Å²) in [7, 11) is -3.87. The molecule has 1 aliphatic heterocycles. The van der Waals surface area contributed by atoms with Gasteiger partial charge < -0.3 is 15.8 Å². The summed E-state index contributed by atoms with van der Waals surface area (Å²) in [5.41, 5.74) is 5.30. The third kappa shape index (κ3) is 4.19. The summed E-state index contributed by atoms with van der Waals surface area (Å²) in [4.78, 5) is 23.3. The Morgan fingerprint density at radius 1 is 1.07 bits per heavy atom. The maximum absolute atomic E-state index is 14.2. The number of nitrogens with one attached hydrogen (secondary N) is 1. The summed E-state index contributed by atoms with van der Waals surface area (Å²) in [6.45, 7) is 0.922. The van der Waals surface area contributed by atoms with E-state index in [2.05, 4.69) is 5.32 Å². The lowest BCUT2D eigenvalue weighted by molar-refractivity contribution is 0.0730. The number of halogens is 1. The van der Waals surface area contributed by atoms with Crippen molar-refractivity contribution >= 4 is 27.5 Å². The molecule has 0 bridgehead atoms. The number of sulfonamides is 1. The molecule has 0 atom stereocenters. The monoisotopic (exact) mass is 407 g/mol.